The van der Waals surface area contributed by atoms with E-state index in [-0.39, 0.29) is 11.5 Å². The fourth-order valence-electron chi connectivity index (χ4n) is 1.14. The lowest BCUT2D eigenvalue weighted by atomic mass is 9.77. The summed E-state index contributed by atoms with van der Waals surface area (Å²) in [6.45, 7) is 2.37. The predicted octanol–water partition coefficient (Wildman–Crippen LogP) is 3.29. The van der Waals surface area contributed by atoms with Crippen molar-refractivity contribution in [1.82, 2.24) is 0 Å². The van der Waals surface area contributed by atoms with Crippen LogP contribution in [0.15, 0.2) is 0 Å². The zero-order valence-electron chi connectivity index (χ0n) is 6.87. The van der Waals surface area contributed by atoms with Crippen molar-refractivity contribution in [2.75, 3.05) is 11.5 Å². The van der Waals surface area contributed by atoms with E-state index in [0.717, 1.165) is 11.8 Å². The molecule has 1 fully saturated rings. The van der Waals surface area contributed by atoms with E-state index >= 15 is 0 Å². The minimum Gasteiger partial charge on any atom is -0.170 e. The average Bonchev–Trinajstić information content (AvgIpc) is 1.77. The lowest BCUT2D eigenvalue weighted by Crippen LogP contribution is -2.56. The molecule has 83 valence electrons. The second-order valence-electron chi connectivity index (χ2n) is 3.20. The largest absolute Gasteiger partial charge is 0.403 e. The van der Waals surface area contributed by atoms with Gasteiger partial charge in [0.15, 0.2) is 5.41 Å². The summed E-state index contributed by atoms with van der Waals surface area (Å²) in [5.74, 6) is -1.72. The van der Waals surface area contributed by atoms with Crippen molar-refractivity contribution in [1.29, 1.82) is 0 Å². The van der Waals surface area contributed by atoms with E-state index in [1.165, 1.54) is 0 Å². The van der Waals surface area contributed by atoms with Crippen molar-refractivity contribution in [2.24, 2.45) is 11.3 Å². The summed E-state index contributed by atoms with van der Waals surface area (Å²) in [7, 11) is 0. The molecule has 1 heterocycles. The van der Waals surface area contributed by atoms with Crippen LogP contribution in [0.4, 0.5) is 26.3 Å². The lowest BCUT2D eigenvalue weighted by molar-refractivity contribution is -0.336. The Balaban J connectivity index is 3.01. The van der Waals surface area contributed by atoms with Crippen LogP contribution in [0.25, 0.3) is 0 Å². The second-order valence-corrected chi connectivity index (χ2v) is 4.28. The van der Waals surface area contributed by atoms with E-state index in [1.807, 2.05) is 0 Å². The normalized spacial score (nSPS) is 20.8. The van der Waals surface area contributed by atoms with Crippen molar-refractivity contribution in [3.63, 3.8) is 0 Å². The van der Waals surface area contributed by atoms with E-state index in [1.54, 1.807) is 0 Å². The van der Waals surface area contributed by atoms with Crippen LogP contribution in [0.5, 0.6) is 0 Å². The van der Waals surface area contributed by atoms with E-state index < -0.39 is 23.7 Å². The summed E-state index contributed by atoms with van der Waals surface area (Å²) >= 11 is 1.06. The van der Waals surface area contributed by atoms with Crippen LogP contribution in [0.3, 0.4) is 0 Å². The molecule has 0 saturated carbocycles. The van der Waals surface area contributed by atoms with E-state index in [9.17, 15) is 26.3 Å². The maximum atomic E-state index is 12.3. The van der Waals surface area contributed by atoms with Gasteiger partial charge in [0.1, 0.15) is 0 Å². The second kappa shape index (κ2) is 3.21. The van der Waals surface area contributed by atoms with Crippen LogP contribution in [0.2, 0.25) is 0 Å². The Morgan fingerprint density at radius 1 is 0.929 bits per heavy atom. The molecule has 0 atom stereocenters. The third-order valence-corrected chi connectivity index (χ3v) is 3.62. The highest BCUT2D eigenvalue weighted by Gasteiger charge is 2.71. The van der Waals surface area contributed by atoms with Crippen molar-refractivity contribution >= 4 is 11.8 Å². The molecule has 14 heavy (non-hydrogen) atoms. The van der Waals surface area contributed by atoms with Crippen LogP contribution < -0.4 is 0 Å². The van der Waals surface area contributed by atoms with Gasteiger partial charge in [0, 0.05) is 5.92 Å². The molecular formula is C7H7F6S. The average molecular weight is 237 g/mol. The van der Waals surface area contributed by atoms with Crippen LogP contribution in [0, 0.1) is 18.3 Å². The summed E-state index contributed by atoms with van der Waals surface area (Å²) in [6, 6.07) is 0. The summed E-state index contributed by atoms with van der Waals surface area (Å²) < 4.78 is 73.7. The summed E-state index contributed by atoms with van der Waals surface area (Å²) in [5, 5.41) is 0. The van der Waals surface area contributed by atoms with Gasteiger partial charge in [0.05, 0.1) is 0 Å². The molecule has 0 aromatic heterocycles. The molecular weight excluding hydrogens is 230 g/mol. The molecule has 1 aliphatic heterocycles. The third-order valence-electron chi connectivity index (χ3n) is 2.35. The standard InChI is InChI=1S/C7H7F6S/c1-5(6(8,9)10,7(11,12)13)4-2-14-3-4/h4H,1-3H2. The van der Waals surface area contributed by atoms with Crippen LogP contribution in [0.1, 0.15) is 0 Å². The molecule has 0 aromatic rings. The first-order valence-corrected chi connectivity index (χ1v) is 4.82. The number of hydrogen-bond acceptors (Lipinski definition) is 1. The minimum absolute atomic E-state index is 0.136. The van der Waals surface area contributed by atoms with Gasteiger partial charge >= 0.3 is 12.4 Å². The lowest BCUT2D eigenvalue weighted by Gasteiger charge is -2.44. The Kier molecular flexibility index (Phi) is 2.75. The van der Waals surface area contributed by atoms with Gasteiger partial charge in [-0.2, -0.15) is 38.1 Å². The Morgan fingerprint density at radius 3 is 1.36 bits per heavy atom. The van der Waals surface area contributed by atoms with Gasteiger partial charge < -0.3 is 0 Å². The molecule has 1 rings (SSSR count). The smallest absolute Gasteiger partial charge is 0.170 e. The number of rotatable bonds is 1. The Hall–Kier alpha value is -0.0700. The minimum atomic E-state index is -5.34. The van der Waals surface area contributed by atoms with Gasteiger partial charge in [-0.25, -0.2) is 0 Å². The van der Waals surface area contributed by atoms with Gasteiger partial charge in [0.2, 0.25) is 0 Å². The van der Waals surface area contributed by atoms with Gasteiger partial charge in [0.25, 0.3) is 0 Å². The van der Waals surface area contributed by atoms with Crippen molar-refractivity contribution in [3.05, 3.63) is 6.92 Å². The quantitative estimate of drug-likeness (QED) is 0.630. The maximum absolute atomic E-state index is 12.3. The molecule has 0 spiro atoms. The Labute approximate surface area is 81.0 Å². The topological polar surface area (TPSA) is 0 Å². The highest BCUT2D eigenvalue weighted by molar-refractivity contribution is 8.00. The maximum Gasteiger partial charge on any atom is 0.403 e. The van der Waals surface area contributed by atoms with Gasteiger partial charge in [-0.1, -0.05) is 0 Å². The van der Waals surface area contributed by atoms with E-state index in [4.69, 9.17) is 0 Å². The first-order chi connectivity index (χ1) is 6.11. The summed E-state index contributed by atoms with van der Waals surface area (Å²) in [4.78, 5) is 0. The third kappa shape index (κ3) is 1.59. The fraction of sp³-hybridized carbons (Fsp3) is 0.857. The Bertz CT molecular complexity index is 199. The molecule has 0 N–H and O–H groups in total. The van der Waals surface area contributed by atoms with Crippen LogP contribution >= 0.6 is 11.8 Å². The zero-order chi connectivity index (χ0) is 11.2. The van der Waals surface area contributed by atoms with E-state index in [0.29, 0.717) is 0 Å². The van der Waals surface area contributed by atoms with Gasteiger partial charge in [-0.3, -0.25) is 0 Å². The monoisotopic (exact) mass is 237 g/mol. The van der Waals surface area contributed by atoms with Gasteiger partial charge in [-0.15, -0.1) is 0 Å². The zero-order valence-corrected chi connectivity index (χ0v) is 7.69. The highest BCUT2D eigenvalue weighted by Crippen LogP contribution is 2.58. The predicted molar refractivity (Wildman–Crippen MR) is 40.7 cm³/mol. The number of hydrogen-bond donors (Lipinski definition) is 0. The van der Waals surface area contributed by atoms with Crippen molar-refractivity contribution in [3.8, 4) is 0 Å². The van der Waals surface area contributed by atoms with Gasteiger partial charge in [-0.05, 0) is 18.4 Å². The SMILES string of the molecule is [CH2]C(C1CSC1)(C(F)(F)F)C(F)(F)F. The van der Waals surface area contributed by atoms with Crippen molar-refractivity contribution < 1.29 is 26.3 Å². The molecule has 0 aromatic carbocycles. The molecule has 1 aliphatic rings. The molecule has 7 heteroatoms. The number of thioether (sulfide) groups is 1. The van der Waals surface area contributed by atoms with Crippen molar-refractivity contribution in [2.45, 2.75) is 12.4 Å². The molecule has 0 nitrogen and oxygen atoms in total. The molecule has 0 amide bonds. The molecule has 1 saturated heterocycles. The van der Waals surface area contributed by atoms with E-state index in [2.05, 4.69) is 6.92 Å². The summed E-state index contributed by atoms with van der Waals surface area (Å²) in [5.41, 5.74) is -3.80. The van der Waals surface area contributed by atoms with Crippen LogP contribution in [-0.2, 0) is 0 Å². The number of alkyl halides is 6. The Morgan fingerprint density at radius 2 is 1.29 bits per heavy atom. The number of halogens is 6. The fourth-order valence-corrected chi connectivity index (χ4v) is 2.18. The van der Waals surface area contributed by atoms with Crippen LogP contribution in [-0.4, -0.2) is 23.9 Å². The molecule has 1 radical (unpaired) electrons. The first-order valence-electron chi connectivity index (χ1n) is 3.67. The molecule has 0 unspecified atom stereocenters. The molecule has 0 bridgehead atoms. The highest BCUT2D eigenvalue weighted by atomic mass is 32.2. The first kappa shape index (κ1) is 12.0. The summed E-state index contributed by atoms with van der Waals surface area (Å²) in [6.07, 6.45) is -10.7. The molecule has 0 aliphatic carbocycles.